The fourth-order valence-electron chi connectivity index (χ4n) is 2.92. The number of hydrogen-bond donors (Lipinski definition) is 2. The lowest BCUT2D eigenvalue weighted by atomic mass is 9.84. The number of aliphatic hydroxyl groups is 1. The number of fused-ring (bicyclic) bond motifs is 1. The molecule has 0 heterocycles. The minimum absolute atomic E-state index is 0.0562. The molecule has 0 radical (unpaired) electrons. The van der Waals surface area contributed by atoms with Crippen molar-refractivity contribution in [1.29, 1.82) is 0 Å². The van der Waals surface area contributed by atoms with Crippen molar-refractivity contribution < 1.29 is 5.11 Å². The summed E-state index contributed by atoms with van der Waals surface area (Å²) in [5.74, 6) is 0. The zero-order chi connectivity index (χ0) is 11.8. The maximum atomic E-state index is 9.29. The summed E-state index contributed by atoms with van der Waals surface area (Å²) in [5.41, 5.74) is 2.97. The Labute approximate surface area is 111 Å². The molecule has 3 heteroatoms. The van der Waals surface area contributed by atoms with Crippen molar-refractivity contribution in [2.45, 2.75) is 50.3 Å². The first-order chi connectivity index (χ1) is 8.20. The van der Waals surface area contributed by atoms with Crippen LogP contribution in [0.5, 0.6) is 0 Å². The summed E-state index contributed by atoms with van der Waals surface area (Å²) in [6, 6.07) is 7.77. The second kappa shape index (κ2) is 4.71. The number of rotatable bonds is 2. The molecule has 0 aliphatic heterocycles. The lowest BCUT2D eigenvalue weighted by Crippen LogP contribution is -2.50. The molecule has 1 unspecified atom stereocenters. The van der Waals surface area contributed by atoms with Gasteiger partial charge in [0.05, 0.1) is 6.10 Å². The van der Waals surface area contributed by atoms with Crippen LogP contribution in [0.1, 0.15) is 30.4 Å². The van der Waals surface area contributed by atoms with E-state index in [1.54, 1.807) is 0 Å². The van der Waals surface area contributed by atoms with Gasteiger partial charge in [0, 0.05) is 16.6 Å². The van der Waals surface area contributed by atoms with Crippen molar-refractivity contribution in [3.63, 3.8) is 0 Å². The molecule has 2 nitrogen and oxygen atoms in total. The Hall–Kier alpha value is -0.380. The zero-order valence-corrected chi connectivity index (χ0v) is 11.4. The molecule has 0 saturated heterocycles. The number of hydrogen-bond acceptors (Lipinski definition) is 2. The largest absolute Gasteiger partial charge is 0.393 e. The van der Waals surface area contributed by atoms with Gasteiger partial charge in [-0.2, -0.15) is 0 Å². The zero-order valence-electron chi connectivity index (χ0n) is 9.82. The van der Waals surface area contributed by atoms with Gasteiger partial charge in [-0.15, -0.1) is 0 Å². The fraction of sp³-hybridized carbons (Fsp3) is 0.571. The summed E-state index contributed by atoms with van der Waals surface area (Å²) in [6.07, 6.45) is 5.33. The van der Waals surface area contributed by atoms with Crippen LogP contribution in [0.15, 0.2) is 22.7 Å². The smallest absolute Gasteiger partial charge is 0.0570 e. The number of aliphatic hydroxyl groups excluding tert-OH is 1. The molecule has 0 aromatic heterocycles. The van der Waals surface area contributed by atoms with E-state index in [9.17, 15) is 5.11 Å². The predicted octanol–water partition coefficient (Wildman–Crippen LogP) is 2.42. The van der Waals surface area contributed by atoms with E-state index in [0.29, 0.717) is 12.1 Å². The number of nitrogens with one attached hydrogen (secondary N) is 1. The van der Waals surface area contributed by atoms with E-state index in [1.165, 1.54) is 28.4 Å². The third-order valence-corrected chi connectivity index (χ3v) is 4.47. The number of halogens is 1. The minimum atomic E-state index is -0.0562. The lowest BCUT2D eigenvalue weighted by Gasteiger charge is -2.37. The van der Waals surface area contributed by atoms with Crippen molar-refractivity contribution in [3.05, 3.63) is 33.8 Å². The Kier molecular flexibility index (Phi) is 3.24. The van der Waals surface area contributed by atoms with E-state index in [2.05, 4.69) is 39.4 Å². The Morgan fingerprint density at radius 1 is 1.18 bits per heavy atom. The normalized spacial score (nSPS) is 31.8. The van der Waals surface area contributed by atoms with Crippen LogP contribution in [0.4, 0.5) is 0 Å². The molecule has 17 heavy (non-hydrogen) atoms. The van der Waals surface area contributed by atoms with Gasteiger partial charge >= 0.3 is 0 Å². The number of benzene rings is 1. The molecule has 0 spiro atoms. The average molecular weight is 296 g/mol. The summed E-state index contributed by atoms with van der Waals surface area (Å²) in [4.78, 5) is 0. The van der Waals surface area contributed by atoms with Gasteiger partial charge in [0.2, 0.25) is 0 Å². The van der Waals surface area contributed by atoms with Gasteiger partial charge in [-0.25, -0.2) is 0 Å². The van der Waals surface area contributed by atoms with Gasteiger partial charge in [-0.3, -0.25) is 0 Å². The molecule has 2 aliphatic carbocycles. The van der Waals surface area contributed by atoms with Crippen LogP contribution in [0, 0.1) is 0 Å². The SMILES string of the molecule is OC1CC(NC2CCc3cc(Br)ccc3C2)C1. The summed E-state index contributed by atoms with van der Waals surface area (Å²) in [7, 11) is 0. The fourth-order valence-corrected chi connectivity index (χ4v) is 3.33. The van der Waals surface area contributed by atoms with Crippen LogP contribution in [0.25, 0.3) is 0 Å². The topological polar surface area (TPSA) is 32.3 Å². The highest BCUT2D eigenvalue weighted by atomic mass is 79.9. The molecule has 1 saturated carbocycles. The van der Waals surface area contributed by atoms with Gasteiger partial charge in [0.25, 0.3) is 0 Å². The molecule has 0 bridgehead atoms. The molecule has 2 N–H and O–H groups in total. The third kappa shape index (κ3) is 2.56. The molecule has 1 aromatic carbocycles. The summed E-state index contributed by atoms with van der Waals surface area (Å²) in [5, 5.41) is 13.0. The molecule has 0 amide bonds. The first kappa shape index (κ1) is 11.7. The summed E-state index contributed by atoms with van der Waals surface area (Å²) in [6.45, 7) is 0. The van der Waals surface area contributed by atoms with Gasteiger partial charge in [-0.1, -0.05) is 22.0 Å². The average Bonchev–Trinajstić information content (AvgIpc) is 2.27. The van der Waals surface area contributed by atoms with Gasteiger partial charge in [0.1, 0.15) is 0 Å². The second-order valence-electron chi connectivity index (χ2n) is 5.34. The minimum Gasteiger partial charge on any atom is -0.393 e. The molecular weight excluding hydrogens is 278 g/mol. The van der Waals surface area contributed by atoms with Crippen molar-refractivity contribution in [3.8, 4) is 0 Å². The van der Waals surface area contributed by atoms with Crippen LogP contribution in [-0.2, 0) is 12.8 Å². The van der Waals surface area contributed by atoms with Crippen molar-refractivity contribution >= 4 is 15.9 Å². The third-order valence-electron chi connectivity index (χ3n) is 3.98. The highest BCUT2D eigenvalue weighted by molar-refractivity contribution is 9.10. The van der Waals surface area contributed by atoms with Crippen LogP contribution in [0.3, 0.4) is 0 Å². The predicted molar refractivity (Wildman–Crippen MR) is 72.1 cm³/mol. The van der Waals surface area contributed by atoms with Crippen molar-refractivity contribution in [2.24, 2.45) is 0 Å². The molecule has 92 valence electrons. The molecule has 1 aromatic rings. The molecule has 1 fully saturated rings. The lowest BCUT2D eigenvalue weighted by molar-refractivity contribution is 0.0569. The maximum absolute atomic E-state index is 9.29. The highest BCUT2D eigenvalue weighted by Crippen LogP contribution is 2.27. The standard InChI is InChI=1S/C14H18BrNO/c15-11-3-1-10-6-12(4-2-9(10)5-11)16-13-7-14(17)8-13/h1,3,5,12-14,16-17H,2,4,6-8H2. The summed E-state index contributed by atoms with van der Waals surface area (Å²) >= 11 is 3.53. The first-order valence-corrected chi connectivity index (χ1v) is 7.21. The summed E-state index contributed by atoms with van der Waals surface area (Å²) < 4.78 is 1.18. The molecule has 1 atom stereocenters. The Morgan fingerprint density at radius 2 is 2.00 bits per heavy atom. The van der Waals surface area contributed by atoms with E-state index in [-0.39, 0.29) is 6.10 Å². The van der Waals surface area contributed by atoms with Gasteiger partial charge < -0.3 is 10.4 Å². The van der Waals surface area contributed by atoms with Gasteiger partial charge in [0.15, 0.2) is 0 Å². The van der Waals surface area contributed by atoms with E-state index in [4.69, 9.17) is 0 Å². The Balaban J connectivity index is 1.62. The van der Waals surface area contributed by atoms with E-state index in [0.717, 1.165) is 19.3 Å². The maximum Gasteiger partial charge on any atom is 0.0570 e. The monoisotopic (exact) mass is 295 g/mol. The second-order valence-corrected chi connectivity index (χ2v) is 6.26. The number of aryl methyl sites for hydroxylation is 1. The van der Waals surface area contributed by atoms with Crippen LogP contribution >= 0.6 is 15.9 Å². The Morgan fingerprint density at radius 3 is 2.76 bits per heavy atom. The Bertz CT molecular complexity index is 415. The molecular formula is C14H18BrNO. The van der Waals surface area contributed by atoms with Crippen LogP contribution in [-0.4, -0.2) is 23.3 Å². The van der Waals surface area contributed by atoms with Crippen molar-refractivity contribution in [1.82, 2.24) is 5.32 Å². The first-order valence-electron chi connectivity index (χ1n) is 6.42. The van der Waals surface area contributed by atoms with Crippen LogP contribution < -0.4 is 5.32 Å². The van der Waals surface area contributed by atoms with E-state index >= 15 is 0 Å². The van der Waals surface area contributed by atoms with E-state index < -0.39 is 0 Å². The van der Waals surface area contributed by atoms with Gasteiger partial charge in [-0.05, 0) is 55.4 Å². The quantitative estimate of drug-likeness (QED) is 0.878. The van der Waals surface area contributed by atoms with Crippen LogP contribution in [0.2, 0.25) is 0 Å². The van der Waals surface area contributed by atoms with Crippen molar-refractivity contribution in [2.75, 3.05) is 0 Å². The molecule has 2 aliphatic rings. The highest BCUT2D eigenvalue weighted by Gasteiger charge is 2.30. The molecule has 3 rings (SSSR count). The van der Waals surface area contributed by atoms with E-state index in [1.807, 2.05) is 0 Å².